The largest absolute Gasteiger partial charge is 0.459 e. The third-order valence-corrected chi connectivity index (χ3v) is 8.74. The van der Waals surface area contributed by atoms with E-state index in [0.29, 0.717) is 29.2 Å². The first kappa shape index (κ1) is 34.4. The Kier molecular flexibility index (Phi) is 12.3. The van der Waals surface area contributed by atoms with Crippen molar-refractivity contribution in [1.29, 1.82) is 0 Å². The highest BCUT2D eigenvalue weighted by atomic mass is 32.2. The normalized spacial score (nSPS) is 13.7. The number of hydrogen-bond acceptors (Lipinski definition) is 13. The van der Waals surface area contributed by atoms with Gasteiger partial charge in [-0.3, -0.25) is 9.80 Å². The number of nitrogens with one attached hydrogen (secondary N) is 2. The van der Waals surface area contributed by atoms with Crippen LogP contribution in [-0.2, 0) is 25.4 Å². The number of rotatable bonds is 17. The van der Waals surface area contributed by atoms with Crippen molar-refractivity contribution < 1.29 is 23.3 Å². The Bertz CT molecular complexity index is 1510. The lowest BCUT2D eigenvalue weighted by Gasteiger charge is -2.30. The van der Waals surface area contributed by atoms with Gasteiger partial charge in [0.1, 0.15) is 17.9 Å². The van der Waals surface area contributed by atoms with Gasteiger partial charge in [-0.1, -0.05) is 60.5 Å². The van der Waals surface area contributed by atoms with E-state index in [-0.39, 0.29) is 31.3 Å². The summed E-state index contributed by atoms with van der Waals surface area (Å²) in [6.07, 6.45) is 3.88. The van der Waals surface area contributed by atoms with E-state index in [1.807, 2.05) is 85.5 Å². The van der Waals surface area contributed by atoms with Crippen molar-refractivity contribution in [3.63, 3.8) is 0 Å². The van der Waals surface area contributed by atoms with Crippen molar-refractivity contribution in [2.24, 2.45) is 0 Å². The molecule has 13 nitrogen and oxygen atoms in total. The van der Waals surface area contributed by atoms with E-state index in [1.165, 1.54) is 11.9 Å². The Morgan fingerprint density at radius 3 is 2.49 bits per heavy atom. The minimum atomic E-state index is -1.78. The number of ether oxygens (including phenoxy) is 2. The molecule has 0 saturated carbocycles. The zero-order chi connectivity index (χ0) is 32.4. The van der Waals surface area contributed by atoms with Gasteiger partial charge >= 0.3 is 14.5 Å². The fourth-order valence-corrected chi connectivity index (χ4v) is 6.05. The summed E-state index contributed by atoms with van der Waals surface area (Å²) in [5, 5.41) is 4.98. The number of nitrogens with zero attached hydrogens (tertiary/aromatic N) is 5. The molecule has 2 aromatic heterocycles. The van der Waals surface area contributed by atoms with E-state index in [1.54, 1.807) is 32.3 Å². The first-order valence-corrected chi connectivity index (χ1v) is 16.7. The van der Waals surface area contributed by atoms with Gasteiger partial charge in [-0.2, -0.15) is 14.8 Å². The molecule has 2 heterocycles. The Labute approximate surface area is 269 Å². The number of fused-ring (bicyclic) bond motifs is 1. The zero-order valence-electron chi connectivity index (χ0n) is 26.3. The minimum absolute atomic E-state index is 0.0804. The number of benzene rings is 2. The van der Waals surface area contributed by atoms with Crippen molar-refractivity contribution in [3.05, 3.63) is 72.6 Å². The van der Waals surface area contributed by atoms with E-state index in [2.05, 4.69) is 24.9 Å². The topological polar surface area (TPSA) is 151 Å². The Balaban J connectivity index is 1.44. The number of aromatic nitrogens is 4. The van der Waals surface area contributed by atoms with Crippen LogP contribution in [0.1, 0.15) is 38.8 Å². The number of nitrogen functional groups attached to an aromatic ring is 1. The lowest BCUT2D eigenvalue weighted by molar-refractivity contribution is -0.151. The fraction of sp³-hybridized carbons (Fsp3) is 0.400. The standard InChI is InChI=1S/C30H41N8O5PS/c1-21(38-20-32-25-26(37(4)36-45-6)33-29(31)34-27(25)38)17-24(40-5)19-42-44(43-23-15-11-8-12-16-23)35-30(2,3)28(39)41-18-22-13-9-7-10-14-22/h7-16,20-21,24,35-36H,17-19H2,1-6H3,(H2,31,33,34). The number of para-hydroxylation sites is 1. The number of esters is 1. The summed E-state index contributed by atoms with van der Waals surface area (Å²) >= 11 is 1.43. The number of carbonyl (C=O) groups excluding carboxylic acids is 1. The number of anilines is 2. The average molecular weight is 657 g/mol. The van der Waals surface area contributed by atoms with Crippen LogP contribution in [0.15, 0.2) is 67.0 Å². The molecule has 4 rings (SSSR count). The third kappa shape index (κ3) is 9.49. The molecule has 4 N–H and O–H groups in total. The minimum Gasteiger partial charge on any atom is -0.459 e. The molecule has 0 aliphatic heterocycles. The van der Waals surface area contributed by atoms with Crippen LogP contribution in [0.3, 0.4) is 0 Å². The summed E-state index contributed by atoms with van der Waals surface area (Å²) in [6, 6.07) is 18.7. The number of methoxy groups -OCH3 is 1. The Morgan fingerprint density at radius 1 is 1.13 bits per heavy atom. The van der Waals surface area contributed by atoms with E-state index in [4.69, 9.17) is 24.3 Å². The molecule has 242 valence electrons. The average Bonchev–Trinajstić information content (AvgIpc) is 3.46. The van der Waals surface area contributed by atoms with Gasteiger partial charge in [0.2, 0.25) is 5.95 Å². The molecule has 0 fully saturated rings. The molecule has 0 aliphatic rings. The smallest absolute Gasteiger partial charge is 0.326 e. The molecule has 3 atom stereocenters. The van der Waals surface area contributed by atoms with E-state index in [9.17, 15) is 4.79 Å². The lowest BCUT2D eigenvalue weighted by Crippen LogP contribution is -2.46. The van der Waals surface area contributed by atoms with Crippen LogP contribution in [0, 0.1) is 0 Å². The highest BCUT2D eigenvalue weighted by molar-refractivity contribution is 7.96. The zero-order valence-corrected chi connectivity index (χ0v) is 28.0. The second-order valence-electron chi connectivity index (χ2n) is 10.8. The number of hydrazine groups is 1. The fourth-order valence-electron chi connectivity index (χ4n) is 4.37. The summed E-state index contributed by atoms with van der Waals surface area (Å²) in [7, 11) is 1.69. The van der Waals surface area contributed by atoms with Crippen LogP contribution >= 0.6 is 20.5 Å². The van der Waals surface area contributed by atoms with Gasteiger partial charge in [0.05, 0.1) is 19.0 Å². The summed E-state index contributed by atoms with van der Waals surface area (Å²) in [5.41, 5.74) is 7.09. The maximum absolute atomic E-state index is 13.1. The van der Waals surface area contributed by atoms with Crippen LogP contribution in [0.25, 0.3) is 11.2 Å². The third-order valence-electron chi connectivity index (χ3n) is 6.78. The first-order chi connectivity index (χ1) is 21.6. The Morgan fingerprint density at radius 2 is 1.82 bits per heavy atom. The van der Waals surface area contributed by atoms with E-state index in [0.717, 1.165) is 5.56 Å². The van der Waals surface area contributed by atoms with Gasteiger partial charge < -0.3 is 28.8 Å². The molecule has 2 aromatic carbocycles. The van der Waals surface area contributed by atoms with Crippen molar-refractivity contribution in [1.82, 2.24) is 29.4 Å². The SMILES string of the molecule is COC(COP(NC(C)(C)C(=O)OCc1ccccc1)Oc1ccccc1)CC(C)n1cnc2c(N(C)NSC)nc(N)nc21. The highest BCUT2D eigenvalue weighted by Crippen LogP contribution is 2.39. The van der Waals surface area contributed by atoms with Crippen LogP contribution in [-0.4, -0.2) is 64.2 Å². The molecule has 4 aromatic rings. The van der Waals surface area contributed by atoms with Gasteiger partial charge in [0, 0.05) is 20.2 Å². The van der Waals surface area contributed by atoms with Crippen LogP contribution < -0.4 is 25.2 Å². The molecule has 0 bridgehead atoms. The van der Waals surface area contributed by atoms with E-state index < -0.39 is 20.0 Å². The maximum Gasteiger partial charge on any atom is 0.326 e. The summed E-state index contributed by atoms with van der Waals surface area (Å²) in [4.78, 5) is 29.6. The predicted octanol–water partition coefficient (Wildman–Crippen LogP) is 5.03. The summed E-state index contributed by atoms with van der Waals surface area (Å²) in [6.45, 7) is 5.88. The van der Waals surface area contributed by atoms with Gasteiger partial charge in [-0.25, -0.2) is 10.1 Å². The van der Waals surface area contributed by atoms with Crippen LogP contribution in [0.4, 0.5) is 11.8 Å². The van der Waals surface area contributed by atoms with E-state index >= 15 is 0 Å². The van der Waals surface area contributed by atoms with Crippen molar-refractivity contribution >= 4 is 49.4 Å². The van der Waals surface area contributed by atoms with Crippen molar-refractivity contribution in [2.45, 2.75) is 51.5 Å². The molecule has 45 heavy (non-hydrogen) atoms. The lowest BCUT2D eigenvalue weighted by atomic mass is 10.1. The summed E-state index contributed by atoms with van der Waals surface area (Å²) < 4.78 is 25.8. The molecular weight excluding hydrogens is 615 g/mol. The quantitative estimate of drug-likeness (QED) is 0.0604. The highest BCUT2D eigenvalue weighted by Gasteiger charge is 2.35. The van der Waals surface area contributed by atoms with Gasteiger partial charge in [0.15, 0.2) is 17.0 Å². The number of carbonyl (C=O) groups is 1. The molecule has 0 spiro atoms. The van der Waals surface area contributed by atoms with Crippen molar-refractivity contribution in [3.8, 4) is 5.75 Å². The summed E-state index contributed by atoms with van der Waals surface area (Å²) in [5.74, 6) is 0.893. The molecular formula is C30H41N8O5PS. The van der Waals surface area contributed by atoms with Gasteiger partial charge in [-0.05, 0) is 51.1 Å². The number of nitrogens with two attached hydrogens (primary N) is 1. The number of imidazole rings is 1. The predicted molar refractivity (Wildman–Crippen MR) is 178 cm³/mol. The monoisotopic (exact) mass is 656 g/mol. The van der Waals surface area contributed by atoms with Crippen LogP contribution in [0.2, 0.25) is 0 Å². The van der Waals surface area contributed by atoms with Gasteiger partial charge in [0.25, 0.3) is 0 Å². The molecule has 0 aliphatic carbocycles. The van der Waals surface area contributed by atoms with Gasteiger partial charge in [-0.15, -0.1) is 0 Å². The molecule has 0 radical (unpaired) electrons. The second-order valence-corrected chi connectivity index (χ2v) is 12.6. The van der Waals surface area contributed by atoms with Crippen molar-refractivity contribution in [2.75, 3.05) is 37.8 Å². The molecule has 15 heteroatoms. The maximum atomic E-state index is 13.1. The molecule has 3 unspecified atom stereocenters. The molecule has 0 amide bonds. The second kappa shape index (κ2) is 16.2. The molecule has 0 saturated heterocycles. The number of hydrogen-bond donors (Lipinski definition) is 3. The first-order valence-electron chi connectivity index (χ1n) is 14.3. The van der Waals surface area contributed by atoms with Crippen LogP contribution in [0.5, 0.6) is 5.75 Å². The Hall–Kier alpha value is -3.52.